The van der Waals surface area contributed by atoms with Crippen molar-refractivity contribution in [1.82, 2.24) is 10.3 Å². The Morgan fingerprint density at radius 3 is 2.35 bits per heavy atom. The van der Waals surface area contributed by atoms with E-state index < -0.39 is 24.0 Å². The predicted octanol–water partition coefficient (Wildman–Crippen LogP) is 2.73. The topological polar surface area (TPSA) is 111 Å². The predicted molar refractivity (Wildman–Crippen MR) is 97.6 cm³/mol. The van der Waals surface area contributed by atoms with Gasteiger partial charge < -0.3 is 10.5 Å². The summed E-state index contributed by atoms with van der Waals surface area (Å²) in [7, 11) is 0. The van der Waals surface area contributed by atoms with Crippen LogP contribution in [-0.4, -0.2) is 29.0 Å². The van der Waals surface area contributed by atoms with E-state index in [2.05, 4.69) is 4.98 Å². The smallest absolute Gasteiger partial charge is 0.339 e. The molecule has 1 aromatic carbocycles. The number of benzene rings is 1. The molecule has 0 radical (unpaired) electrons. The van der Waals surface area contributed by atoms with E-state index in [4.69, 9.17) is 10.5 Å². The van der Waals surface area contributed by atoms with Crippen molar-refractivity contribution >= 4 is 28.8 Å². The number of nitrogens with one attached hydrogen (secondary N) is 1. The van der Waals surface area contributed by atoms with Crippen LogP contribution in [0.25, 0.3) is 10.9 Å². The summed E-state index contributed by atoms with van der Waals surface area (Å²) in [5.74, 6) is -1.62. The van der Waals surface area contributed by atoms with Crippen molar-refractivity contribution in [3.63, 3.8) is 0 Å². The van der Waals surface area contributed by atoms with Gasteiger partial charge in [-0.3, -0.25) is 15.1 Å². The minimum atomic E-state index is -1.13. The number of pyridine rings is 1. The number of aromatic nitrogens is 1. The number of nitrogens with two attached hydrogens (primary N) is 1. The minimum absolute atomic E-state index is 0.116. The Labute approximate surface area is 151 Å². The average molecular weight is 357 g/mol. The van der Waals surface area contributed by atoms with E-state index >= 15 is 0 Å². The Balaban J connectivity index is 2.41. The fourth-order valence-electron chi connectivity index (χ4n) is 2.52. The molecule has 26 heavy (non-hydrogen) atoms. The molecule has 138 valence electrons. The summed E-state index contributed by atoms with van der Waals surface area (Å²) < 4.78 is 5.42. The highest BCUT2D eigenvalue weighted by Gasteiger charge is 2.29. The van der Waals surface area contributed by atoms with E-state index in [9.17, 15) is 14.4 Å². The number of fused-ring (bicyclic) bond motifs is 1. The normalized spacial score (nSPS) is 12.2. The maximum Gasteiger partial charge on any atom is 0.339 e. The first-order valence-corrected chi connectivity index (χ1v) is 8.41. The number of para-hydroxylation sites is 1. The number of nitrogens with zero attached hydrogens (tertiary/aromatic N) is 1. The Hall–Kier alpha value is -2.96. The molecule has 2 aromatic rings. The molecule has 0 fully saturated rings. The first-order chi connectivity index (χ1) is 12.2. The minimum Gasteiger partial charge on any atom is -0.448 e. The monoisotopic (exact) mass is 357 g/mol. The highest BCUT2D eigenvalue weighted by Crippen LogP contribution is 2.24. The van der Waals surface area contributed by atoms with Crippen LogP contribution in [0.3, 0.4) is 0 Å². The summed E-state index contributed by atoms with van der Waals surface area (Å²) in [6, 6.07) is 7.92. The number of primary amides is 1. The third-order valence-corrected chi connectivity index (χ3v) is 3.89. The van der Waals surface area contributed by atoms with Crippen LogP contribution in [-0.2, 0) is 9.53 Å². The number of carbonyl (C=O) groups is 3. The van der Waals surface area contributed by atoms with Crippen molar-refractivity contribution in [2.75, 3.05) is 0 Å². The van der Waals surface area contributed by atoms with Crippen LogP contribution in [0.4, 0.5) is 4.79 Å². The summed E-state index contributed by atoms with van der Waals surface area (Å²) >= 11 is 0. The third-order valence-electron chi connectivity index (χ3n) is 3.89. The third kappa shape index (κ3) is 4.36. The summed E-state index contributed by atoms with van der Waals surface area (Å²) in [5.41, 5.74) is 6.73. The van der Waals surface area contributed by atoms with E-state index in [1.807, 2.05) is 31.3 Å². The number of esters is 1. The Morgan fingerprint density at radius 1 is 1.12 bits per heavy atom. The molecule has 0 aliphatic rings. The lowest BCUT2D eigenvalue weighted by Crippen LogP contribution is -2.45. The van der Waals surface area contributed by atoms with Gasteiger partial charge in [-0.25, -0.2) is 9.59 Å². The van der Waals surface area contributed by atoms with E-state index in [1.54, 1.807) is 32.0 Å². The first-order valence-electron chi connectivity index (χ1n) is 8.41. The molecule has 0 saturated heterocycles. The van der Waals surface area contributed by atoms with E-state index in [1.165, 1.54) is 0 Å². The van der Waals surface area contributed by atoms with Gasteiger partial charge in [0.15, 0.2) is 6.10 Å². The van der Waals surface area contributed by atoms with Gasteiger partial charge in [-0.15, -0.1) is 0 Å². The molecule has 3 N–H and O–H groups in total. The summed E-state index contributed by atoms with van der Waals surface area (Å²) in [6.45, 7) is 7.37. The number of carbonyl (C=O) groups excluding carboxylic acids is 3. The summed E-state index contributed by atoms with van der Waals surface area (Å²) in [4.78, 5) is 40.4. The van der Waals surface area contributed by atoms with Crippen molar-refractivity contribution in [2.45, 2.75) is 39.7 Å². The van der Waals surface area contributed by atoms with Crippen LogP contribution in [0, 0.1) is 5.92 Å². The summed E-state index contributed by atoms with van der Waals surface area (Å²) in [6.07, 6.45) is -1.13. The van der Waals surface area contributed by atoms with E-state index in [0.29, 0.717) is 16.5 Å². The van der Waals surface area contributed by atoms with Gasteiger partial charge in [0.1, 0.15) is 0 Å². The van der Waals surface area contributed by atoms with E-state index in [0.717, 1.165) is 5.69 Å². The summed E-state index contributed by atoms with van der Waals surface area (Å²) in [5, 5.41) is 2.60. The van der Waals surface area contributed by atoms with E-state index in [-0.39, 0.29) is 11.8 Å². The molecule has 0 aliphatic carbocycles. The Kier molecular flexibility index (Phi) is 5.92. The molecular weight excluding hydrogens is 334 g/mol. The Morgan fingerprint density at radius 2 is 1.77 bits per heavy atom. The zero-order valence-corrected chi connectivity index (χ0v) is 15.3. The number of rotatable bonds is 5. The van der Waals surface area contributed by atoms with Crippen molar-refractivity contribution in [3.05, 3.63) is 41.6 Å². The lowest BCUT2D eigenvalue weighted by Gasteiger charge is -2.20. The second-order valence-corrected chi connectivity index (χ2v) is 6.69. The van der Waals surface area contributed by atoms with Crippen LogP contribution in [0.1, 0.15) is 49.7 Å². The van der Waals surface area contributed by atoms with Crippen LogP contribution in [0.2, 0.25) is 0 Å². The molecule has 2 rings (SSSR count). The zero-order chi connectivity index (χ0) is 19.4. The van der Waals surface area contributed by atoms with Gasteiger partial charge in [0.05, 0.1) is 11.1 Å². The molecule has 0 saturated carbocycles. The standard InChI is InChI=1S/C19H23N3O4/c1-10(2)15-9-13(12-7-5-6-8-14(12)21-15)18(24)26-16(11(3)4)17(23)22-19(20)25/h5-11,16H,1-4H3,(H3,20,22,23,25). The highest BCUT2D eigenvalue weighted by atomic mass is 16.5. The molecule has 0 spiro atoms. The number of ether oxygens (including phenoxy) is 1. The van der Waals surface area contributed by atoms with Crippen LogP contribution in [0.5, 0.6) is 0 Å². The molecule has 0 bridgehead atoms. The lowest BCUT2D eigenvalue weighted by atomic mass is 10.0. The molecule has 7 heteroatoms. The molecule has 1 atom stereocenters. The van der Waals surface area contributed by atoms with Crippen molar-refractivity contribution < 1.29 is 19.1 Å². The number of hydrogen-bond acceptors (Lipinski definition) is 5. The first kappa shape index (κ1) is 19.4. The van der Waals surface area contributed by atoms with Crippen LogP contribution in [0.15, 0.2) is 30.3 Å². The van der Waals surface area contributed by atoms with Gasteiger partial charge in [0.25, 0.3) is 5.91 Å². The zero-order valence-electron chi connectivity index (χ0n) is 15.3. The van der Waals surface area contributed by atoms with Crippen molar-refractivity contribution in [1.29, 1.82) is 0 Å². The molecular formula is C19H23N3O4. The maximum absolute atomic E-state index is 12.8. The van der Waals surface area contributed by atoms with Gasteiger partial charge in [0, 0.05) is 11.1 Å². The second kappa shape index (κ2) is 7.95. The fraction of sp³-hybridized carbons (Fsp3) is 0.368. The quantitative estimate of drug-likeness (QED) is 0.799. The fourth-order valence-corrected chi connectivity index (χ4v) is 2.52. The van der Waals surface area contributed by atoms with Gasteiger partial charge in [-0.05, 0) is 24.0 Å². The van der Waals surface area contributed by atoms with Gasteiger partial charge >= 0.3 is 12.0 Å². The highest BCUT2D eigenvalue weighted by molar-refractivity contribution is 6.05. The number of hydrogen-bond donors (Lipinski definition) is 2. The Bertz CT molecular complexity index is 846. The van der Waals surface area contributed by atoms with Gasteiger partial charge in [-0.1, -0.05) is 45.9 Å². The van der Waals surface area contributed by atoms with Gasteiger partial charge in [0.2, 0.25) is 0 Å². The molecule has 0 aliphatic heterocycles. The number of amides is 3. The van der Waals surface area contributed by atoms with Crippen molar-refractivity contribution in [3.8, 4) is 0 Å². The largest absolute Gasteiger partial charge is 0.448 e. The SMILES string of the molecule is CC(C)c1cc(C(=O)OC(C(=O)NC(N)=O)C(C)C)c2ccccc2n1. The van der Waals surface area contributed by atoms with Crippen molar-refractivity contribution in [2.24, 2.45) is 11.7 Å². The maximum atomic E-state index is 12.8. The lowest BCUT2D eigenvalue weighted by molar-refractivity contribution is -0.130. The molecule has 1 heterocycles. The van der Waals surface area contributed by atoms with Crippen LogP contribution >= 0.6 is 0 Å². The molecule has 3 amide bonds. The molecule has 7 nitrogen and oxygen atoms in total. The molecule has 1 aromatic heterocycles. The second-order valence-electron chi connectivity index (χ2n) is 6.69. The van der Waals surface area contributed by atoms with Crippen LogP contribution < -0.4 is 11.1 Å². The average Bonchev–Trinajstić information content (AvgIpc) is 2.57. The molecule has 1 unspecified atom stereocenters. The van der Waals surface area contributed by atoms with Gasteiger partial charge in [-0.2, -0.15) is 0 Å². The number of urea groups is 1. The number of imide groups is 1.